The number of carbonyl (C=O) groups excluding carboxylic acids is 1. The van der Waals surface area contributed by atoms with E-state index in [1.807, 2.05) is 29.6 Å². The molecule has 22 heavy (non-hydrogen) atoms. The Labute approximate surface area is 136 Å². The van der Waals surface area contributed by atoms with Gasteiger partial charge in [0.05, 0.1) is 17.9 Å². The Kier molecular flexibility index (Phi) is 4.18. The Balaban J connectivity index is 1.80. The average Bonchev–Trinajstić information content (AvgIpc) is 3.14. The standard InChI is InChI=1S/C16H14ClNO3S/c17-10-5-3-9(4-6-10)14(13-2-1-7-22-13)18-15(19)11-8-12(11)16(20)21/h1-7,11-12,14H,8H2,(H,18,19)(H,20,21). The maximum Gasteiger partial charge on any atom is 0.307 e. The molecule has 6 heteroatoms. The van der Waals surface area contributed by atoms with E-state index in [2.05, 4.69) is 5.32 Å². The number of amides is 1. The van der Waals surface area contributed by atoms with Gasteiger partial charge in [-0.2, -0.15) is 0 Å². The number of thiophene rings is 1. The monoisotopic (exact) mass is 335 g/mol. The van der Waals surface area contributed by atoms with Gasteiger partial charge in [-0.05, 0) is 35.6 Å². The zero-order chi connectivity index (χ0) is 15.7. The number of rotatable bonds is 5. The van der Waals surface area contributed by atoms with Crippen molar-refractivity contribution in [3.63, 3.8) is 0 Å². The molecule has 0 saturated heterocycles. The van der Waals surface area contributed by atoms with Crippen LogP contribution in [-0.2, 0) is 9.59 Å². The zero-order valence-corrected chi connectivity index (χ0v) is 13.1. The molecule has 1 fully saturated rings. The van der Waals surface area contributed by atoms with E-state index < -0.39 is 17.8 Å². The maximum absolute atomic E-state index is 12.3. The number of halogens is 1. The summed E-state index contributed by atoms with van der Waals surface area (Å²) in [6.07, 6.45) is 0.416. The molecular formula is C16H14ClNO3S. The molecule has 0 radical (unpaired) electrons. The minimum atomic E-state index is -0.903. The highest BCUT2D eigenvalue weighted by atomic mass is 35.5. The molecule has 0 bridgehead atoms. The number of carbonyl (C=O) groups is 2. The molecule has 1 aromatic carbocycles. The molecule has 1 heterocycles. The Morgan fingerprint density at radius 1 is 1.23 bits per heavy atom. The first-order chi connectivity index (χ1) is 10.6. The zero-order valence-electron chi connectivity index (χ0n) is 11.5. The molecule has 1 aliphatic rings. The van der Waals surface area contributed by atoms with Crippen LogP contribution in [-0.4, -0.2) is 17.0 Å². The van der Waals surface area contributed by atoms with Crippen LogP contribution in [0, 0.1) is 11.8 Å². The van der Waals surface area contributed by atoms with Crippen molar-refractivity contribution in [1.29, 1.82) is 0 Å². The summed E-state index contributed by atoms with van der Waals surface area (Å²) >= 11 is 7.46. The molecule has 1 amide bonds. The first kappa shape index (κ1) is 15.1. The average molecular weight is 336 g/mol. The SMILES string of the molecule is O=C(O)C1CC1C(=O)NC(c1ccc(Cl)cc1)c1cccs1. The van der Waals surface area contributed by atoms with Gasteiger partial charge in [0.2, 0.25) is 5.91 Å². The van der Waals surface area contributed by atoms with Gasteiger partial charge in [0.1, 0.15) is 0 Å². The van der Waals surface area contributed by atoms with Crippen molar-refractivity contribution in [2.24, 2.45) is 11.8 Å². The van der Waals surface area contributed by atoms with Crippen LogP contribution in [0.15, 0.2) is 41.8 Å². The van der Waals surface area contributed by atoms with Gasteiger partial charge < -0.3 is 10.4 Å². The Morgan fingerprint density at radius 3 is 2.50 bits per heavy atom. The largest absolute Gasteiger partial charge is 0.481 e. The number of hydrogen-bond acceptors (Lipinski definition) is 3. The summed E-state index contributed by atoms with van der Waals surface area (Å²) in [5, 5.41) is 14.5. The molecule has 0 spiro atoms. The molecule has 1 aromatic heterocycles. The van der Waals surface area contributed by atoms with Crippen molar-refractivity contribution < 1.29 is 14.7 Å². The highest BCUT2D eigenvalue weighted by Crippen LogP contribution is 2.39. The lowest BCUT2D eigenvalue weighted by Gasteiger charge is -2.18. The van der Waals surface area contributed by atoms with Crippen LogP contribution in [0.4, 0.5) is 0 Å². The number of nitrogens with one attached hydrogen (secondary N) is 1. The van der Waals surface area contributed by atoms with Crippen LogP contribution in [0.2, 0.25) is 5.02 Å². The molecule has 2 aromatic rings. The van der Waals surface area contributed by atoms with E-state index in [1.165, 1.54) is 0 Å². The molecule has 4 nitrogen and oxygen atoms in total. The van der Waals surface area contributed by atoms with E-state index in [4.69, 9.17) is 16.7 Å². The van der Waals surface area contributed by atoms with Gasteiger partial charge in [0.25, 0.3) is 0 Å². The molecule has 3 rings (SSSR count). The highest BCUT2D eigenvalue weighted by Gasteiger charge is 2.48. The Morgan fingerprint density at radius 2 is 1.95 bits per heavy atom. The first-order valence-corrected chi connectivity index (χ1v) is 8.14. The van der Waals surface area contributed by atoms with Crippen LogP contribution in [0.1, 0.15) is 22.9 Å². The first-order valence-electron chi connectivity index (χ1n) is 6.88. The maximum atomic E-state index is 12.3. The molecule has 1 saturated carbocycles. The number of aliphatic carboxylic acids is 1. The predicted octanol–water partition coefficient (Wildman–Crippen LogP) is 3.33. The quantitative estimate of drug-likeness (QED) is 0.880. The van der Waals surface area contributed by atoms with Gasteiger partial charge in [-0.1, -0.05) is 29.8 Å². The molecule has 3 atom stereocenters. The van der Waals surface area contributed by atoms with Gasteiger partial charge in [-0.25, -0.2) is 0 Å². The van der Waals surface area contributed by atoms with Gasteiger partial charge in [-0.3, -0.25) is 9.59 Å². The second-order valence-corrected chi connectivity index (χ2v) is 6.71. The van der Waals surface area contributed by atoms with E-state index in [0.29, 0.717) is 11.4 Å². The van der Waals surface area contributed by atoms with E-state index in [-0.39, 0.29) is 11.9 Å². The van der Waals surface area contributed by atoms with Crippen molar-refractivity contribution in [3.05, 3.63) is 57.2 Å². The third-order valence-electron chi connectivity index (χ3n) is 3.76. The van der Waals surface area contributed by atoms with E-state index in [1.54, 1.807) is 23.5 Å². The second kappa shape index (κ2) is 6.10. The predicted molar refractivity (Wildman–Crippen MR) is 85.0 cm³/mol. The second-order valence-electron chi connectivity index (χ2n) is 5.30. The summed E-state index contributed by atoms with van der Waals surface area (Å²) < 4.78 is 0. The Bertz CT molecular complexity index is 684. The topological polar surface area (TPSA) is 66.4 Å². The van der Waals surface area contributed by atoms with E-state index in [9.17, 15) is 9.59 Å². The van der Waals surface area contributed by atoms with Crippen molar-refractivity contribution in [2.45, 2.75) is 12.5 Å². The van der Waals surface area contributed by atoms with Crippen molar-refractivity contribution in [2.75, 3.05) is 0 Å². The smallest absolute Gasteiger partial charge is 0.307 e. The van der Waals surface area contributed by atoms with Crippen LogP contribution in [0.5, 0.6) is 0 Å². The van der Waals surface area contributed by atoms with Gasteiger partial charge >= 0.3 is 5.97 Å². The van der Waals surface area contributed by atoms with Crippen LogP contribution in [0.3, 0.4) is 0 Å². The van der Waals surface area contributed by atoms with Crippen molar-refractivity contribution in [1.82, 2.24) is 5.32 Å². The van der Waals surface area contributed by atoms with E-state index >= 15 is 0 Å². The lowest BCUT2D eigenvalue weighted by Crippen LogP contribution is -2.31. The number of hydrogen-bond donors (Lipinski definition) is 2. The van der Waals surface area contributed by atoms with Crippen molar-refractivity contribution in [3.8, 4) is 0 Å². The third kappa shape index (κ3) is 3.15. The molecule has 0 aliphatic heterocycles. The number of carboxylic acid groups (broad SMARTS) is 1. The molecule has 3 unspecified atom stereocenters. The lowest BCUT2D eigenvalue weighted by atomic mass is 10.0. The van der Waals surface area contributed by atoms with E-state index in [0.717, 1.165) is 10.4 Å². The molecule has 114 valence electrons. The van der Waals surface area contributed by atoms with Gasteiger partial charge in [-0.15, -0.1) is 11.3 Å². The summed E-state index contributed by atoms with van der Waals surface area (Å²) in [7, 11) is 0. The van der Waals surface area contributed by atoms with Crippen LogP contribution < -0.4 is 5.32 Å². The fraction of sp³-hybridized carbons (Fsp3) is 0.250. The van der Waals surface area contributed by atoms with Gasteiger partial charge in [0, 0.05) is 9.90 Å². The number of benzene rings is 1. The van der Waals surface area contributed by atoms with Crippen LogP contribution in [0.25, 0.3) is 0 Å². The molecule has 1 aliphatic carbocycles. The minimum Gasteiger partial charge on any atom is -0.481 e. The molecular weight excluding hydrogens is 322 g/mol. The Hall–Kier alpha value is -1.85. The number of carboxylic acids is 1. The molecule has 2 N–H and O–H groups in total. The fourth-order valence-corrected chi connectivity index (χ4v) is 3.36. The summed E-state index contributed by atoms with van der Waals surface area (Å²) in [4.78, 5) is 24.2. The summed E-state index contributed by atoms with van der Waals surface area (Å²) in [6, 6.07) is 10.9. The third-order valence-corrected chi connectivity index (χ3v) is 4.95. The summed E-state index contributed by atoms with van der Waals surface area (Å²) in [6.45, 7) is 0. The minimum absolute atomic E-state index is 0.208. The van der Waals surface area contributed by atoms with Crippen LogP contribution >= 0.6 is 22.9 Å². The highest BCUT2D eigenvalue weighted by molar-refractivity contribution is 7.10. The summed E-state index contributed by atoms with van der Waals surface area (Å²) in [5.41, 5.74) is 0.924. The fourth-order valence-electron chi connectivity index (χ4n) is 2.44. The summed E-state index contributed by atoms with van der Waals surface area (Å²) in [5.74, 6) is -2.08. The van der Waals surface area contributed by atoms with Gasteiger partial charge in [0.15, 0.2) is 0 Å². The lowest BCUT2D eigenvalue weighted by molar-refractivity contribution is -0.140. The normalized spacial score (nSPS) is 21.1. The van der Waals surface area contributed by atoms with Crippen molar-refractivity contribution >= 4 is 34.8 Å².